The Labute approximate surface area is 117 Å². The number of aromatic nitrogens is 1. The molecule has 0 aliphatic heterocycles. The molecule has 0 unspecified atom stereocenters. The lowest BCUT2D eigenvalue weighted by Gasteiger charge is -2.25. The third-order valence-corrected chi connectivity index (χ3v) is 2.87. The largest absolute Gasteiger partial charge is 0.370 e. The summed E-state index contributed by atoms with van der Waals surface area (Å²) >= 11 is 0. The van der Waals surface area contributed by atoms with Crippen molar-refractivity contribution < 1.29 is 4.92 Å². The minimum Gasteiger partial charge on any atom is -0.370 e. The summed E-state index contributed by atoms with van der Waals surface area (Å²) in [4.78, 5) is 17.8. The number of likely N-dealkylation sites (N-methyl/N-ethyl adjacent to an activating group) is 1. The van der Waals surface area contributed by atoms with Crippen LogP contribution in [-0.4, -0.2) is 47.4 Å². The first-order chi connectivity index (χ1) is 9.45. The molecule has 1 aromatic heterocycles. The van der Waals surface area contributed by atoms with Gasteiger partial charge in [0.1, 0.15) is 12.0 Å². The van der Waals surface area contributed by atoms with Crippen molar-refractivity contribution in [1.29, 1.82) is 5.41 Å². The highest BCUT2D eigenvalue weighted by Gasteiger charge is 2.10. The predicted molar refractivity (Wildman–Crippen MR) is 77.9 cm³/mol. The third kappa shape index (κ3) is 4.38. The highest BCUT2D eigenvalue weighted by molar-refractivity contribution is 5.74. The van der Waals surface area contributed by atoms with Crippen molar-refractivity contribution in [3.05, 3.63) is 28.4 Å². The Morgan fingerprint density at radius 3 is 2.60 bits per heavy atom. The summed E-state index contributed by atoms with van der Waals surface area (Å²) in [6.45, 7) is 4.00. The van der Waals surface area contributed by atoms with E-state index < -0.39 is 4.92 Å². The number of nitrogens with two attached hydrogens (primary N) is 1. The van der Waals surface area contributed by atoms with Gasteiger partial charge in [0, 0.05) is 32.7 Å². The Hall–Kier alpha value is -2.38. The van der Waals surface area contributed by atoms with Crippen molar-refractivity contribution in [3.63, 3.8) is 0 Å². The molecule has 0 aromatic carbocycles. The molecule has 110 valence electrons. The number of nitro groups is 1. The van der Waals surface area contributed by atoms with E-state index in [9.17, 15) is 10.1 Å². The van der Waals surface area contributed by atoms with Crippen LogP contribution in [0.15, 0.2) is 18.3 Å². The van der Waals surface area contributed by atoms with E-state index in [-0.39, 0.29) is 11.6 Å². The van der Waals surface area contributed by atoms with E-state index in [1.54, 1.807) is 11.0 Å². The van der Waals surface area contributed by atoms with E-state index in [1.807, 2.05) is 18.9 Å². The molecule has 1 aromatic rings. The molecule has 8 nitrogen and oxygen atoms in total. The number of nitrogens with one attached hydrogen (secondary N) is 1. The van der Waals surface area contributed by atoms with Crippen LogP contribution in [0.25, 0.3) is 0 Å². The zero-order valence-corrected chi connectivity index (χ0v) is 11.7. The van der Waals surface area contributed by atoms with Gasteiger partial charge in [-0.05, 0) is 12.5 Å². The lowest BCUT2D eigenvalue weighted by molar-refractivity contribution is -0.385. The molecule has 0 aliphatic rings. The number of pyridine rings is 1. The molecule has 1 heterocycles. The van der Waals surface area contributed by atoms with E-state index >= 15 is 0 Å². The first-order valence-electron chi connectivity index (χ1n) is 6.36. The summed E-state index contributed by atoms with van der Waals surface area (Å²) in [5.74, 6) is 0.701. The van der Waals surface area contributed by atoms with Gasteiger partial charge in [0.15, 0.2) is 5.96 Å². The molecule has 20 heavy (non-hydrogen) atoms. The SMILES string of the molecule is CCCN(CCN(C)c1ccc([N+](=O)[O-])cn1)C(=N)N. The number of anilines is 1. The monoisotopic (exact) mass is 280 g/mol. The zero-order chi connectivity index (χ0) is 15.1. The maximum Gasteiger partial charge on any atom is 0.287 e. The Kier molecular flexibility index (Phi) is 5.70. The molecule has 0 atom stereocenters. The Morgan fingerprint density at radius 2 is 2.15 bits per heavy atom. The van der Waals surface area contributed by atoms with Crippen LogP contribution >= 0.6 is 0 Å². The van der Waals surface area contributed by atoms with Crippen molar-refractivity contribution in [3.8, 4) is 0 Å². The summed E-state index contributed by atoms with van der Waals surface area (Å²) < 4.78 is 0. The van der Waals surface area contributed by atoms with Crippen LogP contribution in [0.3, 0.4) is 0 Å². The average molecular weight is 280 g/mol. The minimum atomic E-state index is -0.477. The first-order valence-corrected chi connectivity index (χ1v) is 6.36. The molecular weight excluding hydrogens is 260 g/mol. The number of rotatable bonds is 7. The normalized spacial score (nSPS) is 10.1. The molecule has 0 bridgehead atoms. The fraction of sp³-hybridized carbons (Fsp3) is 0.500. The highest BCUT2D eigenvalue weighted by Crippen LogP contribution is 2.14. The summed E-state index contributed by atoms with van der Waals surface area (Å²) in [6, 6.07) is 3.03. The summed E-state index contributed by atoms with van der Waals surface area (Å²) in [6.07, 6.45) is 2.15. The quantitative estimate of drug-likeness (QED) is 0.334. The Morgan fingerprint density at radius 1 is 1.45 bits per heavy atom. The van der Waals surface area contributed by atoms with E-state index in [1.165, 1.54) is 12.3 Å². The zero-order valence-electron chi connectivity index (χ0n) is 11.7. The third-order valence-electron chi connectivity index (χ3n) is 2.87. The molecule has 0 saturated carbocycles. The van der Waals surface area contributed by atoms with Crippen molar-refractivity contribution in [2.45, 2.75) is 13.3 Å². The predicted octanol–water partition coefficient (Wildman–Crippen LogP) is 1.03. The molecule has 0 saturated heterocycles. The first kappa shape index (κ1) is 15.7. The van der Waals surface area contributed by atoms with Gasteiger partial charge < -0.3 is 15.5 Å². The van der Waals surface area contributed by atoms with Crippen LogP contribution in [0.1, 0.15) is 13.3 Å². The summed E-state index contributed by atoms with van der Waals surface area (Å²) in [5, 5.41) is 18.0. The van der Waals surface area contributed by atoms with Gasteiger partial charge in [-0.15, -0.1) is 0 Å². The highest BCUT2D eigenvalue weighted by atomic mass is 16.6. The molecule has 0 radical (unpaired) electrons. The lowest BCUT2D eigenvalue weighted by Crippen LogP contribution is -2.41. The van der Waals surface area contributed by atoms with Crippen molar-refractivity contribution >= 4 is 17.5 Å². The van der Waals surface area contributed by atoms with Crippen molar-refractivity contribution in [2.24, 2.45) is 5.73 Å². The number of guanidine groups is 1. The molecule has 3 N–H and O–H groups in total. The Bertz CT molecular complexity index is 462. The summed E-state index contributed by atoms with van der Waals surface area (Å²) in [5.41, 5.74) is 5.47. The maximum atomic E-state index is 10.6. The van der Waals surface area contributed by atoms with Gasteiger partial charge in [0.2, 0.25) is 0 Å². The van der Waals surface area contributed by atoms with Crippen molar-refractivity contribution in [2.75, 3.05) is 31.6 Å². The minimum absolute atomic E-state index is 0.0292. The molecule has 8 heteroatoms. The molecular formula is C12H20N6O2. The van der Waals surface area contributed by atoms with Gasteiger partial charge >= 0.3 is 0 Å². The van der Waals surface area contributed by atoms with Crippen molar-refractivity contribution in [1.82, 2.24) is 9.88 Å². The second kappa shape index (κ2) is 7.27. The number of hydrogen-bond acceptors (Lipinski definition) is 5. The van der Waals surface area contributed by atoms with E-state index in [0.717, 1.165) is 13.0 Å². The van der Waals surface area contributed by atoms with Crippen LogP contribution in [0.4, 0.5) is 11.5 Å². The fourth-order valence-corrected chi connectivity index (χ4v) is 1.72. The standard InChI is InChI=1S/C12H20N6O2/c1-3-6-17(12(13)14)8-7-16(2)11-5-4-10(9-15-11)18(19)20/h4-5,9H,3,6-8H2,1-2H3,(H3,13,14). The topological polar surface area (TPSA) is 112 Å². The van der Waals surface area contributed by atoms with E-state index in [4.69, 9.17) is 11.1 Å². The van der Waals surface area contributed by atoms with Gasteiger partial charge in [-0.25, -0.2) is 4.98 Å². The summed E-state index contributed by atoms with van der Waals surface area (Å²) in [7, 11) is 1.85. The number of nitrogens with zero attached hydrogens (tertiary/aromatic N) is 4. The smallest absolute Gasteiger partial charge is 0.287 e. The molecule has 1 rings (SSSR count). The number of hydrogen-bond donors (Lipinski definition) is 2. The van der Waals surface area contributed by atoms with E-state index in [0.29, 0.717) is 18.9 Å². The van der Waals surface area contributed by atoms with Gasteiger partial charge in [0.05, 0.1) is 4.92 Å². The second-order valence-electron chi connectivity index (χ2n) is 4.43. The molecule has 0 amide bonds. The second-order valence-corrected chi connectivity index (χ2v) is 4.43. The van der Waals surface area contributed by atoms with E-state index in [2.05, 4.69) is 4.98 Å². The van der Waals surface area contributed by atoms with Crippen LogP contribution in [0, 0.1) is 15.5 Å². The van der Waals surface area contributed by atoms with Gasteiger partial charge in [0.25, 0.3) is 5.69 Å². The Balaban J connectivity index is 2.59. The molecule has 0 aliphatic carbocycles. The molecule has 0 spiro atoms. The van der Waals surface area contributed by atoms with Crippen LogP contribution < -0.4 is 10.6 Å². The van der Waals surface area contributed by atoms with Crippen LogP contribution in [-0.2, 0) is 0 Å². The van der Waals surface area contributed by atoms with Gasteiger partial charge in [-0.3, -0.25) is 15.5 Å². The van der Waals surface area contributed by atoms with Gasteiger partial charge in [-0.1, -0.05) is 6.92 Å². The average Bonchev–Trinajstić information content (AvgIpc) is 2.42. The molecule has 0 fully saturated rings. The van der Waals surface area contributed by atoms with Crippen LogP contribution in [0.2, 0.25) is 0 Å². The maximum absolute atomic E-state index is 10.6. The van der Waals surface area contributed by atoms with Gasteiger partial charge in [-0.2, -0.15) is 0 Å². The fourth-order valence-electron chi connectivity index (χ4n) is 1.72. The van der Waals surface area contributed by atoms with Crippen LogP contribution in [0.5, 0.6) is 0 Å². The lowest BCUT2D eigenvalue weighted by atomic mass is 10.3.